The van der Waals surface area contributed by atoms with Gasteiger partial charge in [0.15, 0.2) is 0 Å². The number of benzene rings is 2. The monoisotopic (exact) mass is 502 g/mol. The number of thioether (sulfide) groups is 1. The smallest absolute Gasteiger partial charge is 0.213 e. The van der Waals surface area contributed by atoms with E-state index in [0.29, 0.717) is 0 Å². The minimum atomic E-state index is 0. The first-order valence-corrected chi connectivity index (χ1v) is 10.6. The highest BCUT2D eigenvalue weighted by Gasteiger charge is 2.27. The Balaban J connectivity index is 0.00000225. The van der Waals surface area contributed by atoms with Gasteiger partial charge in [-0.05, 0) is 63.4 Å². The molecule has 0 spiro atoms. The number of nitrogens with zero attached hydrogens (tertiary/aromatic N) is 2. The molecular weight excluding hydrogens is 475 g/mol. The fourth-order valence-corrected chi connectivity index (χ4v) is 5.36. The fourth-order valence-electron chi connectivity index (χ4n) is 4.14. The minimum Gasteiger partial charge on any atom is -1.00 e. The predicted octanol–water partition coefficient (Wildman–Crippen LogP) is 3.01. The second kappa shape index (κ2) is 8.46. The zero-order valence-electron chi connectivity index (χ0n) is 17.2. The molecule has 0 amide bonds. The Morgan fingerprint density at radius 1 is 1.00 bits per heavy atom. The zero-order valence-corrected chi connectivity index (χ0v) is 20.2. The first-order valence-electron chi connectivity index (χ1n) is 9.74. The van der Waals surface area contributed by atoms with Gasteiger partial charge in [-0.15, -0.1) is 0 Å². The van der Waals surface area contributed by atoms with E-state index in [1.165, 1.54) is 48.9 Å². The van der Waals surface area contributed by atoms with E-state index in [-0.39, 0.29) is 24.0 Å². The van der Waals surface area contributed by atoms with Crippen LogP contribution in [0.5, 0.6) is 0 Å². The van der Waals surface area contributed by atoms with E-state index in [0.717, 1.165) is 13.1 Å². The molecule has 0 unspecified atom stereocenters. The Morgan fingerprint density at radius 3 is 2.46 bits per heavy atom. The van der Waals surface area contributed by atoms with Crippen molar-refractivity contribution < 1.29 is 28.5 Å². The lowest BCUT2D eigenvalue weighted by Gasteiger charge is -2.18. The van der Waals surface area contributed by atoms with Crippen molar-refractivity contribution in [2.45, 2.75) is 46.1 Å². The van der Waals surface area contributed by atoms with Crippen molar-refractivity contribution >= 4 is 34.4 Å². The van der Waals surface area contributed by atoms with Gasteiger partial charge in [0.1, 0.15) is 6.54 Å². The molecule has 0 bridgehead atoms. The van der Waals surface area contributed by atoms with Gasteiger partial charge in [-0.25, -0.2) is 0 Å². The van der Waals surface area contributed by atoms with E-state index in [2.05, 4.69) is 92.6 Å². The molecule has 2 nitrogen and oxygen atoms in total. The largest absolute Gasteiger partial charge is 1.00 e. The van der Waals surface area contributed by atoms with Gasteiger partial charge in [0.05, 0.1) is 10.7 Å². The number of anilines is 1. The van der Waals surface area contributed by atoms with Gasteiger partial charge in [-0.1, -0.05) is 30.0 Å². The molecule has 1 aliphatic heterocycles. The van der Waals surface area contributed by atoms with Crippen LogP contribution in [0.4, 0.5) is 5.69 Å². The number of para-hydroxylation sites is 1. The average Bonchev–Trinajstić information content (AvgIpc) is 2.99. The lowest BCUT2D eigenvalue weighted by atomic mass is 10.1. The summed E-state index contributed by atoms with van der Waals surface area (Å²) in [5.74, 6) is 0. The van der Waals surface area contributed by atoms with Crippen LogP contribution < -0.4 is 33.4 Å². The van der Waals surface area contributed by atoms with Gasteiger partial charge < -0.3 is 28.9 Å². The predicted molar refractivity (Wildman–Crippen MR) is 117 cm³/mol. The third-order valence-corrected chi connectivity index (χ3v) is 6.64. The third kappa shape index (κ3) is 3.57. The third-order valence-electron chi connectivity index (χ3n) is 5.36. The molecule has 1 aliphatic rings. The quantitative estimate of drug-likeness (QED) is 0.402. The second-order valence-electron chi connectivity index (χ2n) is 7.27. The standard InChI is InChI=1S/C24H27N2S.HI/c1-6-25-19(14-17(4)20-10-8-9-11-21(20)25)15-23-26(7-2)22-13-16(3)12-18(5)24(22)27-23;/h8-15H,6-7H2,1-5H3;1H/q+1;/p-1. The minimum absolute atomic E-state index is 0. The molecule has 0 atom stereocenters. The number of fused-ring (bicyclic) bond motifs is 2. The Morgan fingerprint density at radius 2 is 1.75 bits per heavy atom. The first kappa shape index (κ1) is 21.2. The number of hydrogen-bond acceptors (Lipinski definition) is 2. The molecule has 146 valence electrons. The van der Waals surface area contributed by atoms with Gasteiger partial charge in [0.2, 0.25) is 11.2 Å². The molecule has 28 heavy (non-hydrogen) atoms. The molecule has 2 heterocycles. The number of hydrogen-bond donors (Lipinski definition) is 0. The second-order valence-corrected chi connectivity index (χ2v) is 8.30. The highest BCUT2D eigenvalue weighted by Crippen LogP contribution is 2.48. The van der Waals surface area contributed by atoms with Gasteiger partial charge in [-0.2, -0.15) is 4.57 Å². The first-order chi connectivity index (χ1) is 13.0. The van der Waals surface area contributed by atoms with E-state index < -0.39 is 0 Å². The van der Waals surface area contributed by atoms with Crippen LogP contribution in [0.25, 0.3) is 17.0 Å². The molecule has 3 aromatic rings. The molecule has 0 saturated carbocycles. The summed E-state index contributed by atoms with van der Waals surface area (Å²) in [6.45, 7) is 13.0. The maximum atomic E-state index is 2.45. The van der Waals surface area contributed by atoms with Crippen molar-refractivity contribution in [3.8, 4) is 0 Å². The molecule has 2 aromatic carbocycles. The molecule has 0 saturated heterocycles. The Kier molecular flexibility index (Phi) is 6.40. The molecule has 0 N–H and O–H groups in total. The number of halogens is 1. The van der Waals surface area contributed by atoms with Crippen LogP contribution in [0.1, 0.15) is 36.2 Å². The van der Waals surface area contributed by atoms with Gasteiger partial charge in [0.25, 0.3) is 0 Å². The van der Waals surface area contributed by atoms with Crippen molar-refractivity contribution in [2.24, 2.45) is 0 Å². The molecule has 4 heteroatoms. The van der Waals surface area contributed by atoms with Crippen LogP contribution in [0, 0.1) is 20.8 Å². The van der Waals surface area contributed by atoms with Crippen LogP contribution in [0.15, 0.2) is 52.4 Å². The highest BCUT2D eigenvalue weighted by molar-refractivity contribution is 8.04. The topological polar surface area (TPSA) is 7.12 Å². The van der Waals surface area contributed by atoms with Crippen LogP contribution in [0.2, 0.25) is 0 Å². The molecule has 4 rings (SSSR count). The number of pyridine rings is 1. The summed E-state index contributed by atoms with van der Waals surface area (Å²) >= 11 is 1.90. The van der Waals surface area contributed by atoms with E-state index in [4.69, 9.17) is 0 Å². The Labute approximate surface area is 189 Å². The summed E-state index contributed by atoms with van der Waals surface area (Å²) in [4.78, 5) is 3.85. The average molecular weight is 502 g/mol. The molecule has 0 aliphatic carbocycles. The molecule has 1 aromatic heterocycles. The summed E-state index contributed by atoms with van der Waals surface area (Å²) in [7, 11) is 0. The lowest BCUT2D eigenvalue weighted by Crippen LogP contribution is -3.00. The SMILES string of the molecule is CCN1/C(=C/c2cc(C)c3ccccc3[n+]2CC)Sc2c(C)cc(C)cc21.[I-]. The summed E-state index contributed by atoms with van der Waals surface area (Å²) in [6, 6.07) is 15.6. The molecule has 0 radical (unpaired) electrons. The van der Waals surface area contributed by atoms with Crippen molar-refractivity contribution in [3.05, 3.63) is 69.9 Å². The normalized spacial score (nSPS) is 14.5. The van der Waals surface area contributed by atoms with E-state index >= 15 is 0 Å². The Hall–Kier alpha value is -1.53. The van der Waals surface area contributed by atoms with Crippen LogP contribution in [-0.4, -0.2) is 6.54 Å². The number of aromatic nitrogens is 1. The van der Waals surface area contributed by atoms with Gasteiger partial charge in [0, 0.05) is 35.0 Å². The molecule has 0 fully saturated rings. The van der Waals surface area contributed by atoms with Crippen LogP contribution in [0.3, 0.4) is 0 Å². The summed E-state index contributed by atoms with van der Waals surface area (Å²) in [6.07, 6.45) is 2.37. The van der Waals surface area contributed by atoms with E-state index in [1.54, 1.807) is 0 Å². The summed E-state index contributed by atoms with van der Waals surface area (Å²) in [5.41, 5.74) is 7.97. The van der Waals surface area contributed by atoms with Crippen molar-refractivity contribution in [2.75, 3.05) is 11.4 Å². The van der Waals surface area contributed by atoms with Crippen LogP contribution in [-0.2, 0) is 6.54 Å². The van der Waals surface area contributed by atoms with Gasteiger partial charge in [-0.3, -0.25) is 0 Å². The number of aryl methyl sites for hydroxylation is 4. The van der Waals surface area contributed by atoms with Crippen molar-refractivity contribution in [1.29, 1.82) is 0 Å². The van der Waals surface area contributed by atoms with E-state index in [9.17, 15) is 0 Å². The van der Waals surface area contributed by atoms with Crippen molar-refractivity contribution in [1.82, 2.24) is 0 Å². The number of rotatable bonds is 3. The maximum absolute atomic E-state index is 2.45. The molecular formula is C24H27IN2S. The zero-order chi connectivity index (χ0) is 19.1. The van der Waals surface area contributed by atoms with Crippen LogP contribution >= 0.6 is 11.8 Å². The summed E-state index contributed by atoms with van der Waals surface area (Å²) in [5, 5.41) is 2.65. The fraction of sp³-hybridized carbons (Fsp3) is 0.292. The lowest BCUT2D eigenvalue weighted by molar-refractivity contribution is -0.669. The van der Waals surface area contributed by atoms with E-state index in [1.807, 2.05) is 11.8 Å². The highest BCUT2D eigenvalue weighted by atomic mass is 127. The Bertz CT molecular complexity index is 1070. The van der Waals surface area contributed by atoms with Gasteiger partial charge >= 0.3 is 0 Å². The summed E-state index contributed by atoms with van der Waals surface area (Å²) < 4.78 is 2.42. The maximum Gasteiger partial charge on any atom is 0.213 e. The van der Waals surface area contributed by atoms with Crippen molar-refractivity contribution in [3.63, 3.8) is 0 Å².